The molecule has 2 aliphatic rings. The third kappa shape index (κ3) is 3.54. The number of nitrogens with two attached hydrogens (primary N) is 1. The zero-order chi connectivity index (χ0) is 14.9. The lowest BCUT2D eigenvalue weighted by molar-refractivity contribution is -0.101. The van der Waals surface area contributed by atoms with Gasteiger partial charge in [-0.2, -0.15) is 0 Å². The predicted octanol–water partition coefficient (Wildman–Crippen LogP) is 3.45. The van der Waals surface area contributed by atoms with Crippen LogP contribution in [0.25, 0.3) is 0 Å². The molecule has 21 heavy (non-hydrogen) atoms. The van der Waals surface area contributed by atoms with Gasteiger partial charge >= 0.3 is 0 Å². The quantitative estimate of drug-likeness (QED) is 0.923. The monoisotopic (exact) mass is 329 g/mol. The van der Waals surface area contributed by atoms with E-state index in [1.165, 1.54) is 0 Å². The standard InChI is InChI=1S/C16H21Cl2NO2/c17-13-2-1-11(7-14(13)18)8-15(19)12-3-5-21-16(9-12)4-6-20-10-16/h1-2,7,12,15H,3-6,8-10,19H2. The average molecular weight is 330 g/mol. The predicted molar refractivity (Wildman–Crippen MR) is 85.0 cm³/mol. The summed E-state index contributed by atoms with van der Waals surface area (Å²) >= 11 is 12.0. The van der Waals surface area contributed by atoms with E-state index >= 15 is 0 Å². The van der Waals surface area contributed by atoms with Crippen molar-refractivity contribution in [2.24, 2.45) is 11.7 Å². The SMILES string of the molecule is NC(Cc1ccc(Cl)c(Cl)c1)C1CCOC2(CCOC2)C1. The molecule has 0 aliphatic carbocycles. The van der Waals surface area contributed by atoms with Crippen LogP contribution in [0.5, 0.6) is 0 Å². The highest BCUT2D eigenvalue weighted by molar-refractivity contribution is 6.42. The zero-order valence-corrected chi connectivity index (χ0v) is 13.5. The van der Waals surface area contributed by atoms with Crippen molar-refractivity contribution in [1.29, 1.82) is 0 Å². The topological polar surface area (TPSA) is 44.5 Å². The molecule has 3 nitrogen and oxygen atoms in total. The molecule has 3 atom stereocenters. The van der Waals surface area contributed by atoms with Gasteiger partial charge in [0.05, 0.1) is 22.3 Å². The number of rotatable bonds is 3. The van der Waals surface area contributed by atoms with E-state index in [9.17, 15) is 0 Å². The van der Waals surface area contributed by atoms with Gasteiger partial charge in [0, 0.05) is 25.7 Å². The van der Waals surface area contributed by atoms with Crippen molar-refractivity contribution in [1.82, 2.24) is 0 Å². The number of hydrogen-bond acceptors (Lipinski definition) is 3. The summed E-state index contributed by atoms with van der Waals surface area (Å²) in [7, 11) is 0. The number of hydrogen-bond donors (Lipinski definition) is 1. The van der Waals surface area contributed by atoms with Crippen molar-refractivity contribution in [2.45, 2.75) is 37.3 Å². The van der Waals surface area contributed by atoms with Crippen LogP contribution in [0.1, 0.15) is 24.8 Å². The minimum Gasteiger partial charge on any atom is -0.378 e. The molecule has 0 saturated carbocycles. The van der Waals surface area contributed by atoms with Crippen LogP contribution in [0.3, 0.4) is 0 Å². The van der Waals surface area contributed by atoms with Crippen LogP contribution in [0, 0.1) is 5.92 Å². The van der Waals surface area contributed by atoms with Crippen molar-refractivity contribution in [3.05, 3.63) is 33.8 Å². The molecule has 116 valence electrons. The lowest BCUT2D eigenvalue weighted by Gasteiger charge is -2.39. The van der Waals surface area contributed by atoms with Crippen molar-refractivity contribution in [3.63, 3.8) is 0 Å². The Hall–Kier alpha value is -0.320. The van der Waals surface area contributed by atoms with Gasteiger partial charge in [0.2, 0.25) is 0 Å². The summed E-state index contributed by atoms with van der Waals surface area (Å²) in [6.07, 6.45) is 3.82. The molecule has 2 heterocycles. The van der Waals surface area contributed by atoms with E-state index in [1.54, 1.807) is 0 Å². The van der Waals surface area contributed by atoms with Crippen LogP contribution in [0.15, 0.2) is 18.2 Å². The Balaban J connectivity index is 1.64. The minimum absolute atomic E-state index is 0.0851. The summed E-state index contributed by atoms with van der Waals surface area (Å²) in [5, 5.41) is 1.18. The Labute approximate surface area is 135 Å². The van der Waals surface area contributed by atoms with Crippen LogP contribution in [0.4, 0.5) is 0 Å². The van der Waals surface area contributed by atoms with Gasteiger partial charge in [0.1, 0.15) is 0 Å². The summed E-state index contributed by atoms with van der Waals surface area (Å²) in [5.41, 5.74) is 7.50. The molecule has 0 amide bonds. The Morgan fingerprint density at radius 2 is 2.14 bits per heavy atom. The van der Waals surface area contributed by atoms with Gasteiger partial charge in [-0.1, -0.05) is 29.3 Å². The summed E-state index contributed by atoms with van der Waals surface area (Å²) in [6, 6.07) is 5.87. The molecule has 1 aromatic carbocycles. The summed E-state index contributed by atoms with van der Waals surface area (Å²) in [6.45, 7) is 2.29. The molecule has 2 N–H and O–H groups in total. The van der Waals surface area contributed by atoms with Crippen LogP contribution in [0.2, 0.25) is 10.0 Å². The fraction of sp³-hybridized carbons (Fsp3) is 0.625. The Morgan fingerprint density at radius 3 is 2.86 bits per heavy atom. The van der Waals surface area contributed by atoms with Gasteiger partial charge in [-0.3, -0.25) is 0 Å². The van der Waals surface area contributed by atoms with Crippen molar-refractivity contribution < 1.29 is 9.47 Å². The molecule has 3 rings (SSSR count). The first-order valence-electron chi connectivity index (χ1n) is 7.49. The normalized spacial score (nSPS) is 30.7. The number of halogens is 2. The van der Waals surface area contributed by atoms with Crippen molar-refractivity contribution >= 4 is 23.2 Å². The lowest BCUT2D eigenvalue weighted by atomic mass is 9.80. The van der Waals surface area contributed by atoms with E-state index in [4.69, 9.17) is 38.4 Å². The Kier molecular flexibility index (Phi) is 4.77. The molecule has 5 heteroatoms. The molecule has 2 fully saturated rings. The fourth-order valence-corrected chi connectivity index (χ4v) is 3.72. The van der Waals surface area contributed by atoms with Crippen molar-refractivity contribution in [3.8, 4) is 0 Å². The van der Waals surface area contributed by atoms with Gasteiger partial charge in [-0.25, -0.2) is 0 Å². The Morgan fingerprint density at radius 1 is 1.29 bits per heavy atom. The first kappa shape index (κ1) is 15.6. The maximum atomic E-state index is 6.45. The summed E-state index contributed by atoms with van der Waals surface area (Å²) in [5.74, 6) is 0.468. The van der Waals surface area contributed by atoms with Gasteiger partial charge in [-0.05, 0) is 42.9 Å². The number of ether oxygens (including phenoxy) is 2. The van der Waals surface area contributed by atoms with Gasteiger partial charge in [-0.15, -0.1) is 0 Å². The Bertz CT molecular complexity index is 503. The summed E-state index contributed by atoms with van der Waals surface area (Å²) in [4.78, 5) is 0. The fourth-order valence-electron chi connectivity index (χ4n) is 3.40. The van der Waals surface area contributed by atoms with Gasteiger partial charge in [0.15, 0.2) is 0 Å². The molecule has 1 aromatic rings. The van der Waals surface area contributed by atoms with Crippen LogP contribution < -0.4 is 5.73 Å². The second-order valence-electron chi connectivity index (χ2n) is 6.20. The first-order valence-corrected chi connectivity index (χ1v) is 8.25. The molecule has 2 saturated heterocycles. The second-order valence-corrected chi connectivity index (χ2v) is 7.02. The average Bonchev–Trinajstić information content (AvgIpc) is 2.91. The van der Waals surface area contributed by atoms with E-state index in [0.29, 0.717) is 22.6 Å². The van der Waals surface area contributed by atoms with Crippen LogP contribution in [-0.4, -0.2) is 31.5 Å². The maximum Gasteiger partial charge on any atom is 0.0939 e. The first-order chi connectivity index (χ1) is 10.1. The third-order valence-corrected chi connectivity index (χ3v) is 5.40. The molecular weight excluding hydrogens is 309 g/mol. The molecule has 0 radical (unpaired) electrons. The van der Waals surface area contributed by atoms with E-state index in [2.05, 4.69) is 0 Å². The van der Waals surface area contributed by atoms with Crippen molar-refractivity contribution in [2.75, 3.05) is 19.8 Å². The highest BCUT2D eigenvalue weighted by Crippen LogP contribution is 2.37. The van der Waals surface area contributed by atoms with Crippen LogP contribution >= 0.6 is 23.2 Å². The molecule has 0 aromatic heterocycles. The minimum atomic E-state index is -0.0851. The largest absolute Gasteiger partial charge is 0.378 e. The number of benzene rings is 1. The van der Waals surface area contributed by atoms with E-state index < -0.39 is 0 Å². The molecule has 1 spiro atoms. The zero-order valence-electron chi connectivity index (χ0n) is 12.0. The smallest absolute Gasteiger partial charge is 0.0939 e. The van der Waals surface area contributed by atoms with E-state index in [1.807, 2.05) is 18.2 Å². The third-order valence-electron chi connectivity index (χ3n) is 4.66. The maximum absolute atomic E-state index is 6.45. The molecule has 0 bridgehead atoms. The van der Waals surface area contributed by atoms with E-state index in [-0.39, 0.29) is 11.6 Å². The second kappa shape index (κ2) is 6.43. The van der Waals surface area contributed by atoms with Gasteiger partial charge in [0.25, 0.3) is 0 Å². The van der Waals surface area contributed by atoms with Gasteiger partial charge < -0.3 is 15.2 Å². The molecule has 2 aliphatic heterocycles. The summed E-state index contributed by atoms with van der Waals surface area (Å²) < 4.78 is 11.5. The van der Waals surface area contributed by atoms with E-state index in [0.717, 1.165) is 44.5 Å². The molecule has 3 unspecified atom stereocenters. The highest BCUT2D eigenvalue weighted by atomic mass is 35.5. The highest BCUT2D eigenvalue weighted by Gasteiger charge is 2.42. The lowest BCUT2D eigenvalue weighted by Crippen LogP contribution is -2.46. The molecular formula is C16H21Cl2NO2. The van der Waals surface area contributed by atoms with Crippen LogP contribution in [-0.2, 0) is 15.9 Å².